The zero-order valence-electron chi connectivity index (χ0n) is 51.7. The van der Waals surface area contributed by atoms with E-state index in [0.717, 1.165) is 109 Å². The molecule has 0 aliphatic rings. The standard InChI is InChI=1S/C72H126O6/c1-4-7-10-13-16-19-22-24-26-28-29-30-31-32-33-34-35-36-37-38-39-40-41-42-43-45-46-48-50-53-56-59-62-65-71(74)77-68-69(67-76-70(73)64-61-58-55-52-21-18-15-12-9-6-3)78-72(75)66-63-60-57-54-51-49-47-44-27-25-23-20-17-14-11-8-5-2/h8,11-12,15,17,20,22,24-25,27-29,31-32,69H,4-7,9-10,13-14,16,18-19,21,23,26,30,33-68H2,1-3H3/b11-8-,15-12-,20-17-,24-22-,27-25-,29-28-,32-31-. The molecule has 0 aromatic heterocycles. The number of unbranched alkanes of at least 4 members (excludes halogenated alkanes) is 36. The second-order valence-electron chi connectivity index (χ2n) is 22.3. The summed E-state index contributed by atoms with van der Waals surface area (Å²) in [6.45, 7) is 6.47. The summed E-state index contributed by atoms with van der Waals surface area (Å²) in [6.07, 6.45) is 87.7. The van der Waals surface area contributed by atoms with Crippen LogP contribution >= 0.6 is 0 Å². The molecule has 0 N–H and O–H groups in total. The van der Waals surface area contributed by atoms with Gasteiger partial charge in [0.15, 0.2) is 6.10 Å². The summed E-state index contributed by atoms with van der Waals surface area (Å²) < 4.78 is 16.9. The van der Waals surface area contributed by atoms with E-state index in [0.29, 0.717) is 19.3 Å². The molecular weight excluding hydrogens is 961 g/mol. The maximum atomic E-state index is 12.9. The third-order valence-corrected chi connectivity index (χ3v) is 14.6. The highest BCUT2D eigenvalue weighted by atomic mass is 16.6. The first-order valence-corrected chi connectivity index (χ1v) is 33.6. The molecule has 1 unspecified atom stereocenters. The fourth-order valence-electron chi connectivity index (χ4n) is 9.59. The van der Waals surface area contributed by atoms with Crippen molar-refractivity contribution in [1.29, 1.82) is 0 Å². The van der Waals surface area contributed by atoms with Crippen LogP contribution in [0.25, 0.3) is 0 Å². The average molecular weight is 1090 g/mol. The lowest BCUT2D eigenvalue weighted by molar-refractivity contribution is -0.167. The van der Waals surface area contributed by atoms with Gasteiger partial charge in [0.2, 0.25) is 0 Å². The van der Waals surface area contributed by atoms with Gasteiger partial charge in [0.25, 0.3) is 0 Å². The highest BCUT2D eigenvalue weighted by molar-refractivity contribution is 5.71. The molecule has 0 radical (unpaired) electrons. The Hall–Kier alpha value is -3.41. The molecule has 0 aromatic rings. The Labute approximate surface area is 484 Å². The van der Waals surface area contributed by atoms with E-state index in [1.54, 1.807) is 0 Å². The van der Waals surface area contributed by atoms with Crippen molar-refractivity contribution in [1.82, 2.24) is 0 Å². The number of carbonyl (C=O) groups is 3. The molecule has 0 spiro atoms. The van der Waals surface area contributed by atoms with Crippen molar-refractivity contribution in [2.24, 2.45) is 0 Å². The molecule has 0 saturated heterocycles. The van der Waals surface area contributed by atoms with Gasteiger partial charge >= 0.3 is 17.9 Å². The van der Waals surface area contributed by atoms with Crippen molar-refractivity contribution in [3.8, 4) is 0 Å². The summed E-state index contributed by atoms with van der Waals surface area (Å²) >= 11 is 0. The lowest BCUT2D eigenvalue weighted by atomic mass is 10.0. The monoisotopic (exact) mass is 1090 g/mol. The predicted octanol–water partition coefficient (Wildman–Crippen LogP) is 23.1. The lowest BCUT2D eigenvalue weighted by Gasteiger charge is -2.18. The number of hydrogen-bond acceptors (Lipinski definition) is 6. The summed E-state index contributed by atoms with van der Waals surface area (Å²) in [6, 6.07) is 0. The SMILES string of the molecule is CC/C=C\C/C=C\C/C=C\CCCCCCCCCC(=O)OC(COC(=O)CCCCCCC/C=C\CCC)COC(=O)CCCCCCCCCCCCCCCCCCCC/C=C\C/C=C\C/C=C\CCCCCCC. The first-order valence-electron chi connectivity index (χ1n) is 33.6. The van der Waals surface area contributed by atoms with Crippen LogP contribution in [-0.2, 0) is 28.6 Å². The summed E-state index contributed by atoms with van der Waals surface area (Å²) in [5.74, 6) is -0.890. The van der Waals surface area contributed by atoms with Gasteiger partial charge in [-0.15, -0.1) is 0 Å². The molecular formula is C72H126O6. The van der Waals surface area contributed by atoms with Crippen LogP contribution in [0.4, 0.5) is 0 Å². The summed E-state index contributed by atoms with van der Waals surface area (Å²) in [7, 11) is 0. The molecule has 0 amide bonds. The van der Waals surface area contributed by atoms with Crippen molar-refractivity contribution in [3.05, 3.63) is 85.1 Å². The highest BCUT2D eigenvalue weighted by Crippen LogP contribution is 2.17. The van der Waals surface area contributed by atoms with Gasteiger partial charge in [-0.25, -0.2) is 0 Å². The van der Waals surface area contributed by atoms with Crippen LogP contribution in [0.5, 0.6) is 0 Å². The minimum Gasteiger partial charge on any atom is -0.462 e. The van der Waals surface area contributed by atoms with E-state index in [1.807, 2.05) is 0 Å². The number of esters is 3. The van der Waals surface area contributed by atoms with Crippen LogP contribution in [0, 0.1) is 0 Å². The molecule has 0 aliphatic carbocycles. The molecule has 6 nitrogen and oxygen atoms in total. The molecule has 0 bridgehead atoms. The number of allylic oxidation sites excluding steroid dienone is 14. The van der Waals surface area contributed by atoms with Crippen LogP contribution in [0.1, 0.15) is 335 Å². The first kappa shape index (κ1) is 74.6. The van der Waals surface area contributed by atoms with Gasteiger partial charge < -0.3 is 14.2 Å². The van der Waals surface area contributed by atoms with Crippen LogP contribution in [0.15, 0.2) is 85.1 Å². The Kier molecular flexibility index (Phi) is 63.2. The number of ether oxygens (including phenoxy) is 3. The van der Waals surface area contributed by atoms with Gasteiger partial charge in [-0.05, 0) is 109 Å². The van der Waals surface area contributed by atoms with E-state index < -0.39 is 6.10 Å². The van der Waals surface area contributed by atoms with E-state index in [9.17, 15) is 14.4 Å². The van der Waals surface area contributed by atoms with Gasteiger partial charge in [0.1, 0.15) is 13.2 Å². The highest BCUT2D eigenvalue weighted by Gasteiger charge is 2.19. The number of hydrogen-bond donors (Lipinski definition) is 0. The fourth-order valence-corrected chi connectivity index (χ4v) is 9.59. The predicted molar refractivity (Wildman–Crippen MR) is 339 cm³/mol. The maximum absolute atomic E-state index is 12.9. The summed E-state index contributed by atoms with van der Waals surface area (Å²) in [5.41, 5.74) is 0. The van der Waals surface area contributed by atoms with E-state index in [2.05, 4.69) is 106 Å². The van der Waals surface area contributed by atoms with Crippen LogP contribution in [-0.4, -0.2) is 37.2 Å². The largest absolute Gasteiger partial charge is 0.462 e. The van der Waals surface area contributed by atoms with Gasteiger partial charge in [-0.3, -0.25) is 14.4 Å². The normalized spacial score (nSPS) is 12.6. The second kappa shape index (κ2) is 66.1. The van der Waals surface area contributed by atoms with E-state index in [1.165, 1.54) is 186 Å². The van der Waals surface area contributed by atoms with Gasteiger partial charge in [0, 0.05) is 19.3 Å². The molecule has 1 atom stereocenters. The minimum atomic E-state index is -0.784. The molecule has 78 heavy (non-hydrogen) atoms. The van der Waals surface area contributed by atoms with Crippen LogP contribution < -0.4 is 0 Å². The summed E-state index contributed by atoms with van der Waals surface area (Å²) in [5, 5.41) is 0. The summed E-state index contributed by atoms with van der Waals surface area (Å²) in [4.78, 5) is 38.2. The molecule has 6 heteroatoms. The van der Waals surface area contributed by atoms with Crippen molar-refractivity contribution in [2.75, 3.05) is 13.2 Å². The third kappa shape index (κ3) is 63.4. The first-order chi connectivity index (χ1) is 38.5. The molecule has 0 aromatic carbocycles. The third-order valence-electron chi connectivity index (χ3n) is 14.6. The van der Waals surface area contributed by atoms with Crippen LogP contribution in [0.3, 0.4) is 0 Å². The van der Waals surface area contributed by atoms with E-state index in [-0.39, 0.29) is 31.1 Å². The van der Waals surface area contributed by atoms with Crippen molar-refractivity contribution >= 4 is 17.9 Å². The molecule has 0 saturated carbocycles. The van der Waals surface area contributed by atoms with E-state index in [4.69, 9.17) is 14.2 Å². The smallest absolute Gasteiger partial charge is 0.306 e. The zero-order valence-corrected chi connectivity index (χ0v) is 51.7. The molecule has 0 heterocycles. The second-order valence-corrected chi connectivity index (χ2v) is 22.3. The molecule has 0 aliphatic heterocycles. The Morgan fingerprint density at radius 2 is 0.526 bits per heavy atom. The maximum Gasteiger partial charge on any atom is 0.306 e. The number of rotatable bonds is 61. The Balaban J connectivity index is 4.10. The van der Waals surface area contributed by atoms with E-state index >= 15 is 0 Å². The van der Waals surface area contributed by atoms with Crippen molar-refractivity contribution in [3.63, 3.8) is 0 Å². The average Bonchev–Trinajstić information content (AvgIpc) is 3.44. The zero-order chi connectivity index (χ0) is 56.4. The minimum absolute atomic E-state index is 0.0807. The van der Waals surface area contributed by atoms with Gasteiger partial charge in [-0.2, -0.15) is 0 Å². The molecule has 0 fully saturated rings. The van der Waals surface area contributed by atoms with Crippen LogP contribution in [0.2, 0.25) is 0 Å². The van der Waals surface area contributed by atoms with Gasteiger partial charge in [-0.1, -0.05) is 292 Å². The molecule has 450 valence electrons. The van der Waals surface area contributed by atoms with Crippen molar-refractivity contribution < 1.29 is 28.6 Å². The Bertz CT molecular complexity index is 1480. The topological polar surface area (TPSA) is 78.9 Å². The Morgan fingerprint density at radius 1 is 0.269 bits per heavy atom. The quantitative estimate of drug-likeness (QED) is 0.0261. The number of carbonyl (C=O) groups excluding carboxylic acids is 3. The lowest BCUT2D eigenvalue weighted by Crippen LogP contribution is -2.30. The fraction of sp³-hybridized carbons (Fsp3) is 0.764. The molecule has 0 rings (SSSR count). The Morgan fingerprint density at radius 3 is 0.846 bits per heavy atom. The van der Waals surface area contributed by atoms with Crippen molar-refractivity contribution in [2.45, 2.75) is 341 Å². The van der Waals surface area contributed by atoms with Gasteiger partial charge in [0.05, 0.1) is 0 Å².